The largest absolute Gasteiger partial charge is 0.480 e. The average molecular weight is 352 g/mol. The maximum Gasteiger partial charge on any atom is 0.373 e. The van der Waals surface area contributed by atoms with Gasteiger partial charge in [-0.2, -0.15) is 9.59 Å². The van der Waals surface area contributed by atoms with Gasteiger partial charge in [-0.25, -0.2) is 0 Å². The smallest absolute Gasteiger partial charge is 0.373 e. The van der Waals surface area contributed by atoms with Gasteiger partial charge in [0.2, 0.25) is 0 Å². The lowest BCUT2D eigenvalue weighted by Crippen LogP contribution is -2.45. The van der Waals surface area contributed by atoms with Crippen LogP contribution in [0.5, 0.6) is 0 Å². The number of aliphatic carboxylic acids is 1. The fraction of sp³-hybridized carbons (Fsp3) is 0.833. The monoisotopic (exact) mass is 352 g/mol. The highest BCUT2D eigenvalue weighted by molar-refractivity contribution is 5.72. The lowest BCUT2D eigenvalue weighted by Gasteiger charge is -2.09. The highest BCUT2D eigenvalue weighted by Gasteiger charge is 2.09. The van der Waals surface area contributed by atoms with E-state index in [1.165, 1.54) is 0 Å². The third-order valence-corrected chi connectivity index (χ3v) is 2.40. The molecule has 0 aliphatic rings. The molecule has 0 spiro atoms. The van der Waals surface area contributed by atoms with Crippen molar-refractivity contribution in [2.24, 2.45) is 34.4 Å². The van der Waals surface area contributed by atoms with Gasteiger partial charge in [0.05, 0.1) is 0 Å². The molecule has 144 valence electrons. The van der Waals surface area contributed by atoms with Crippen LogP contribution in [-0.2, 0) is 14.4 Å². The number of carboxylic acid groups (broad SMARTS) is 1. The first-order chi connectivity index (χ1) is 11.2. The Bertz CT molecular complexity index is 311. The molecule has 0 rings (SSSR count). The number of hydrogen-bond donors (Lipinski definition) is 9. The van der Waals surface area contributed by atoms with Gasteiger partial charge in [-0.3, -0.25) is 15.4 Å². The zero-order valence-electron chi connectivity index (χ0n) is 13.8. The molecule has 24 heavy (non-hydrogen) atoms. The zero-order chi connectivity index (χ0) is 19.4. The maximum absolute atomic E-state index is 10.2. The molecule has 0 aromatic heterocycles. The fourth-order valence-electron chi connectivity index (χ4n) is 1.25. The quantitative estimate of drug-likeness (QED) is 0.127. The number of rotatable bonds is 11. The normalized spacial score (nSPS) is 11.0. The molecule has 1 unspecified atom stereocenters. The van der Waals surface area contributed by atoms with E-state index in [1.54, 1.807) is 0 Å². The van der Waals surface area contributed by atoms with Crippen LogP contribution in [0, 0.1) is 0 Å². The van der Waals surface area contributed by atoms with Crippen molar-refractivity contribution in [1.82, 2.24) is 10.6 Å². The number of carboxylic acids is 1. The Morgan fingerprint density at radius 1 is 0.917 bits per heavy atom. The molecule has 0 bridgehead atoms. The van der Waals surface area contributed by atoms with Crippen LogP contribution in [0.4, 0.5) is 0 Å². The van der Waals surface area contributed by atoms with Crippen LogP contribution in [-0.4, -0.2) is 55.5 Å². The molecule has 0 aromatic rings. The Kier molecular flexibility index (Phi) is 24.6. The van der Waals surface area contributed by atoms with E-state index in [1.807, 2.05) is 0 Å². The zero-order valence-corrected chi connectivity index (χ0v) is 13.8. The van der Waals surface area contributed by atoms with E-state index < -0.39 is 18.3 Å². The van der Waals surface area contributed by atoms with E-state index in [0.717, 1.165) is 25.9 Å². The van der Waals surface area contributed by atoms with E-state index in [4.69, 9.17) is 49.1 Å². The first-order valence-electron chi connectivity index (χ1n) is 7.39. The Labute approximate surface area is 141 Å². The molecule has 0 aliphatic heterocycles. The van der Waals surface area contributed by atoms with Crippen LogP contribution in [0.2, 0.25) is 0 Å². The molecule has 0 heterocycles. The molecular formula is C12H32N8O4. The van der Waals surface area contributed by atoms with E-state index in [-0.39, 0.29) is 12.4 Å². The third kappa shape index (κ3) is 32.5. The van der Waals surface area contributed by atoms with E-state index in [2.05, 4.69) is 10.6 Å². The molecule has 1 atom stereocenters. The summed E-state index contributed by atoms with van der Waals surface area (Å²) in [5.74, 6) is -0.980. The SMILES string of the molecule is NC(N)NCCCC(N)C(=O)O.NCCCCNC(N)N.O=C=O. The summed E-state index contributed by atoms with van der Waals surface area (Å²) in [7, 11) is 0. The van der Waals surface area contributed by atoms with Crippen molar-refractivity contribution < 1.29 is 19.5 Å². The van der Waals surface area contributed by atoms with Crippen molar-refractivity contribution in [1.29, 1.82) is 0 Å². The lowest BCUT2D eigenvalue weighted by molar-refractivity contribution is -0.191. The topological polar surface area (TPSA) is 252 Å². The highest BCUT2D eigenvalue weighted by Crippen LogP contribution is 1.92. The Morgan fingerprint density at radius 2 is 1.33 bits per heavy atom. The number of nitrogens with one attached hydrogen (secondary N) is 2. The van der Waals surface area contributed by atoms with Crippen molar-refractivity contribution in [3.8, 4) is 0 Å². The first-order valence-corrected chi connectivity index (χ1v) is 7.39. The second-order valence-corrected chi connectivity index (χ2v) is 4.63. The molecule has 0 aromatic carbocycles. The summed E-state index contributed by atoms with van der Waals surface area (Å²) in [6.07, 6.45) is 2.46. The first kappa shape index (κ1) is 27.4. The van der Waals surface area contributed by atoms with Crippen LogP contribution in [0.15, 0.2) is 0 Å². The lowest BCUT2D eigenvalue weighted by atomic mass is 10.2. The summed E-state index contributed by atoms with van der Waals surface area (Å²) in [5.41, 5.74) is 31.3. The molecule has 15 N–H and O–H groups in total. The molecule has 0 aliphatic carbocycles. The summed E-state index contributed by atoms with van der Waals surface area (Å²) in [5, 5.41) is 14.0. The second-order valence-electron chi connectivity index (χ2n) is 4.63. The van der Waals surface area contributed by atoms with Gasteiger partial charge in [0.25, 0.3) is 0 Å². The molecule has 0 saturated carbocycles. The summed E-state index contributed by atoms with van der Waals surface area (Å²) < 4.78 is 0. The van der Waals surface area contributed by atoms with E-state index in [0.29, 0.717) is 19.4 Å². The van der Waals surface area contributed by atoms with Gasteiger partial charge in [-0.1, -0.05) is 0 Å². The van der Waals surface area contributed by atoms with Gasteiger partial charge in [0.15, 0.2) is 0 Å². The Balaban J connectivity index is -0.000000324. The van der Waals surface area contributed by atoms with Gasteiger partial charge < -0.3 is 39.5 Å². The summed E-state index contributed by atoms with van der Waals surface area (Å²) in [6, 6.07) is -0.791. The van der Waals surface area contributed by atoms with Crippen molar-refractivity contribution in [2.45, 2.75) is 44.3 Å². The summed E-state index contributed by atoms with van der Waals surface area (Å²) in [6.45, 7) is 2.18. The molecule has 0 amide bonds. The van der Waals surface area contributed by atoms with Gasteiger partial charge in [0, 0.05) is 0 Å². The van der Waals surface area contributed by atoms with Crippen LogP contribution >= 0.6 is 0 Å². The fourth-order valence-corrected chi connectivity index (χ4v) is 1.25. The minimum atomic E-state index is -0.980. The summed E-state index contributed by atoms with van der Waals surface area (Å²) >= 11 is 0. The molecule has 0 saturated heterocycles. The Hall–Kier alpha value is -1.47. The van der Waals surface area contributed by atoms with Gasteiger partial charge in [-0.15, -0.1) is 0 Å². The molecule has 0 radical (unpaired) electrons. The number of hydrogen-bond acceptors (Lipinski definition) is 11. The molecular weight excluding hydrogens is 320 g/mol. The van der Waals surface area contributed by atoms with Crippen molar-refractivity contribution in [3.63, 3.8) is 0 Å². The minimum Gasteiger partial charge on any atom is -0.480 e. The average Bonchev–Trinajstić information content (AvgIpc) is 2.49. The van der Waals surface area contributed by atoms with Crippen molar-refractivity contribution in [3.05, 3.63) is 0 Å². The molecule has 12 heteroatoms. The minimum absolute atomic E-state index is 0.250. The highest BCUT2D eigenvalue weighted by atomic mass is 16.4. The summed E-state index contributed by atoms with van der Waals surface area (Å²) in [4.78, 5) is 26.5. The van der Waals surface area contributed by atoms with E-state index in [9.17, 15) is 4.79 Å². The van der Waals surface area contributed by atoms with Crippen LogP contribution < -0.4 is 45.0 Å². The number of nitrogens with two attached hydrogens (primary N) is 6. The number of carbonyl (C=O) groups is 1. The Morgan fingerprint density at radius 3 is 1.67 bits per heavy atom. The van der Waals surface area contributed by atoms with E-state index >= 15 is 0 Å². The predicted octanol–water partition coefficient (Wildman–Crippen LogP) is -4.10. The third-order valence-electron chi connectivity index (χ3n) is 2.40. The van der Waals surface area contributed by atoms with Crippen LogP contribution in [0.1, 0.15) is 25.7 Å². The van der Waals surface area contributed by atoms with Crippen molar-refractivity contribution in [2.75, 3.05) is 19.6 Å². The number of carbonyl (C=O) groups excluding carboxylic acids is 2. The standard InChI is InChI=1S/C6H16N4O2.C5H16N4.CO2/c7-4(5(11)12)2-1-3-10-6(8)9;6-3-1-2-4-9-5(7)8;2-1-3/h4,6,10H,1-3,7-9H2,(H,11,12);5,9H,1-4,6-8H2;. The number of unbranched alkanes of at least 4 members (excludes halogenated alkanes) is 1. The second kappa shape index (κ2) is 21.5. The van der Waals surface area contributed by atoms with Gasteiger partial charge in [-0.05, 0) is 45.3 Å². The van der Waals surface area contributed by atoms with Gasteiger partial charge >= 0.3 is 12.1 Å². The van der Waals surface area contributed by atoms with Crippen LogP contribution in [0.25, 0.3) is 0 Å². The van der Waals surface area contributed by atoms with Crippen molar-refractivity contribution >= 4 is 12.1 Å². The molecule has 0 fully saturated rings. The van der Waals surface area contributed by atoms with Gasteiger partial charge in [0.1, 0.15) is 18.6 Å². The molecule has 12 nitrogen and oxygen atoms in total. The maximum atomic E-state index is 10.2. The van der Waals surface area contributed by atoms with Crippen LogP contribution in [0.3, 0.4) is 0 Å². The predicted molar refractivity (Wildman–Crippen MR) is 88.5 cm³/mol.